The molecule has 1 aromatic rings. The van der Waals surface area contributed by atoms with Gasteiger partial charge in [-0.2, -0.15) is 0 Å². The molecule has 1 saturated heterocycles. The summed E-state index contributed by atoms with van der Waals surface area (Å²) in [6, 6.07) is 10.9. The van der Waals surface area contributed by atoms with Crippen molar-refractivity contribution in [3.8, 4) is 0 Å². The summed E-state index contributed by atoms with van der Waals surface area (Å²) < 4.78 is 24.8. The normalized spacial score (nSPS) is 16.5. The fraction of sp³-hybridized carbons (Fsp3) is 0.650. The van der Waals surface area contributed by atoms with E-state index in [1.165, 1.54) is 29.0 Å². The molecule has 9 heteroatoms. The first-order chi connectivity index (χ1) is 13.5. The number of aliphatic imine (C=N–C) groups is 1. The van der Waals surface area contributed by atoms with Crippen LogP contribution in [0.2, 0.25) is 0 Å². The monoisotopic (exact) mass is 537 g/mol. The van der Waals surface area contributed by atoms with Gasteiger partial charge in [0.1, 0.15) is 0 Å². The first-order valence-corrected chi connectivity index (χ1v) is 12.0. The fourth-order valence-electron chi connectivity index (χ4n) is 3.62. The molecular formula is C20H36IN5O2S. The second-order valence-electron chi connectivity index (χ2n) is 7.16. The van der Waals surface area contributed by atoms with Gasteiger partial charge in [-0.25, -0.2) is 12.7 Å². The Bertz CT molecular complexity index is 709. The van der Waals surface area contributed by atoms with E-state index in [1.807, 2.05) is 6.92 Å². The van der Waals surface area contributed by atoms with Gasteiger partial charge in [0, 0.05) is 33.2 Å². The van der Waals surface area contributed by atoms with Crippen LogP contribution in [0.25, 0.3) is 0 Å². The Hall–Kier alpha value is -0.910. The minimum Gasteiger partial charge on any atom is -0.356 e. The smallest absolute Gasteiger partial charge is 0.211 e. The molecule has 2 N–H and O–H groups in total. The molecule has 166 valence electrons. The molecule has 29 heavy (non-hydrogen) atoms. The summed E-state index contributed by atoms with van der Waals surface area (Å²) in [5.74, 6) is 0.752. The molecule has 0 spiro atoms. The number of hydrogen-bond donors (Lipinski definition) is 2. The third-order valence-corrected chi connectivity index (χ3v) is 6.53. The molecule has 1 aliphatic heterocycles. The molecule has 0 saturated carbocycles. The first kappa shape index (κ1) is 26.1. The highest BCUT2D eigenvalue weighted by Gasteiger charge is 2.23. The zero-order valence-electron chi connectivity index (χ0n) is 17.8. The van der Waals surface area contributed by atoms with Gasteiger partial charge in [0.2, 0.25) is 10.0 Å². The minimum absolute atomic E-state index is 0. The number of halogens is 1. The molecule has 1 aromatic carbocycles. The van der Waals surface area contributed by atoms with E-state index in [-0.39, 0.29) is 24.0 Å². The maximum atomic E-state index is 11.6. The number of benzene rings is 1. The van der Waals surface area contributed by atoms with E-state index in [0.29, 0.717) is 25.7 Å². The maximum absolute atomic E-state index is 11.6. The quantitative estimate of drug-likeness (QED) is 0.207. The maximum Gasteiger partial charge on any atom is 0.211 e. The summed E-state index contributed by atoms with van der Waals surface area (Å²) in [7, 11) is -1.37. The van der Waals surface area contributed by atoms with E-state index >= 15 is 0 Å². The SMILES string of the molecule is CCN(CCCNC(=NC)NCC(c1ccccc1)N1CCCC1)S(C)(=O)=O.I. The van der Waals surface area contributed by atoms with Crippen molar-refractivity contribution in [1.82, 2.24) is 19.8 Å². The Morgan fingerprint density at radius 2 is 1.86 bits per heavy atom. The van der Waals surface area contributed by atoms with E-state index in [0.717, 1.165) is 32.0 Å². The molecule has 1 fully saturated rings. The Balaban J connectivity index is 0.00000420. The van der Waals surface area contributed by atoms with Crippen LogP contribution in [0.3, 0.4) is 0 Å². The second kappa shape index (κ2) is 13.4. The zero-order chi connectivity index (χ0) is 20.4. The topological polar surface area (TPSA) is 77.0 Å². The van der Waals surface area contributed by atoms with Crippen molar-refractivity contribution in [3.63, 3.8) is 0 Å². The standard InChI is InChI=1S/C20H35N5O2S.HI/c1-4-25(28(3,26)27)16-10-13-22-20(21-2)23-17-19(24-14-8-9-15-24)18-11-6-5-7-12-18;/h5-7,11-12,19H,4,8-10,13-17H2,1-3H3,(H2,21,22,23);1H. The largest absolute Gasteiger partial charge is 0.356 e. The highest BCUT2D eigenvalue weighted by molar-refractivity contribution is 14.0. The van der Waals surface area contributed by atoms with Crippen molar-refractivity contribution in [2.24, 2.45) is 4.99 Å². The van der Waals surface area contributed by atoms with Gasteiger partial charge in [0.15, 0.2) is 5.96 Å². The number of guanidine groups is 1. The van der Waals surface area contributed by atoms with E-state index in [4.69, 9.17) is 0 Å². The predicted octanol–water partition coefficient (Wildman–Crippen LogP) is 2.28. The highest BCUT2D eigenvalue weighted by atomic mass is 127. The Kier molecular flexibility index (Phi) is 12.1. The molecule has 0 aromatic heterocycles. The van der Waals surface area contributed by atoms with Gasteiger partial charge in [-0.05, 0) is 37.9 Å². The highest BCUT2D eigenvalue weighted by Crippen LogP contribution is 2.24. The number of hydrogen-bond acceptors (Lipinski definition) is 4. The Labute approximate surface area is 193 Å². The molecule has 1 heterocycles. The number of nitrogens with one attached hydrogen (secondary N) is 2. The Morgan fingerprint density at radius 1 is 1.21 bits per heavy atom. The number of rotatable bonds is 10. The van der Waals surface area contributed by atoms with Gasteiger partial charge in [-0.1, -0.05) is 37.3 Å². The molecule has 0 amide bonds. The van der Waals surface area contributed by atoms with Gasteiger partial charge >= 0.3 is 0 Å². The average molecular weight is 538 g/mol. The number of nitrogens with zero attached hydrogens (tertiary/aromatic N) is 3. The van der Waals surface area contributed by atoms with Crippen LogP contribution in [0, 0.1) is 0 Å². The van der Waals surface area contributed by atoms with Crippen molar-refractivity contribution >= 4 is 40.0 Å². The van der Waals surface area contributed by atoms with Crippen LogP contribution >= 0.6 is 24.0 Å². The van der Waals surface area contributed by atoms with Gasteiger partial charge in [0.25, 0.3) is 0 Å². The van der Waals surface area contributed by atoms with Gasteiger partial charge in [-0.15, -0.1) is 24.0 Å². The third kappa shape index (κ3) is 8.77. The van der Waals surface area contributed by atoms with Gasteiger partial charge < -0.3 is 10.6 Å². The molecule has 0 aliphatic carbocycles. The molecule has 2 rings (SSSR count). The summed E-state index contributed by atoms with van der Waals surface area (Å²) in [5, 5.41) is 6.74. The summed E-state index contributed by atoms with van der Waals surface area (Å²) in [4.78, 5) is 6.84. The molecule has 0 bridgehead atoms. The van der Waals surface area contributed by atoms with Crippen LogP contribution in [-0.2, 0) is 10.0 Å². The lowest BCUT2D eigenvalue weighted by atomic mass is 10.1. The van der Waals surface area contributed by atoms with E-state index in [1.54, 1.807) is 7.05 Å². The fourth-order valence-corrected chi connectivity index (χ4v) is 4.55. The summed E-state index contributed by atoms with van der Waals surface area (Å²) in [5.41, 5.74) is 1.32. The first-order valence-electron chi connectivity index (χ1n) is 10.1. The Morgan fingerprint density at radius 3 is 2.41 bits per heavy atom. The average Bonchev–Trinajstić information content (AvgIpc) is 3.20. The zero-order valence-corrected chi connectivity index (χ0v) is 20.9. The van der Waals surface area contributed by atoms with Gasteiger partial charge in [0.05, 0.1) is 12.3 Å². The minimum atomic E-state index is -3.13. The van der Waals surface area contributed by atoms with Gasteiger partial charge in [-0.3, -0.25) is 9.89 Å². The van der Waals surface area contributed by atoms with Crippen LogP contribution in [0.1, 0.15) is 37.8 Å². The lowest BCUT2D eigenvalue weighted by Crippen LogP contribution is -2.43. The molecule has 0 radical (unpaired) electrons. The molecule has 7 nitrogen and oxygen atoms in total. The van der Waals surface area contributed by atoms with Crippen LogP contribution in [-0.4, -0.2) is 76.2 Å². The molecule has 1 atom stereocenters. The van der Waals surface area contributed by atoms with Crippen molar-refractivity contribution < 1.29 is 8.42 Å². The lowest BCUT2D eigenvalue weighted by molar-refractivity contribution is 0.245. The van der Waals surface area contributed by atoms with Crippen LogP contribution < -0.4 is 10.6 Å². The van der Waals surface area contributed by atoms with Crippen molar-refractivity contribution in [3.05, 3.63) is 35.9 Å². The van der Waals surface area contributed by atoms with Crippen molar-refractivity contribution in [2.45, 2.75) is 32.2 Å². The van der Waals surface area contributed by atoms with Crippen LogP contribution in [0.4, 0.5) is 0 Å². The van der Waals surface area contributed by atoms with E-state index < -0.39 is 10.0 Å². The van der Waals surface area contributed by atoms with Crippen molar-refractivity contribution in [2.75, 3.05) is 52.6 Å². The summed E-state index contributed by atoms with van der Waals surface area (Å²) in [6.07, 6.45) is 4.50. The van der Waals surface area contributed by atoms with Crippen LogP contribution in [0.5, 0.6) is 0 Å². The number of likely N-dealkylation sites (tertiary alicyclic amines) is 1. The summed E-state index contributed by atoms with van der Waals surface area (Å²) >= 11 is 0. The van der Waals surface area contributed by atoms with Crippen molar-refractivity contribution in [1.29, 1.82) is 0 Å². The predicted molar refractivity (Wildman–Crippen MR) is 131 cm³/mol. The van der Waals surface area contributed by atoms with E-state index in [9.17, 15) is 8.42 Å². The van der Waals surface area contributed by atoms with Crippen LogP contribution in [0.15, 0.2) is 35.3 Å². The number of sulfonamides is 1. The molecular weight excluding hydrogens is 501 g/mol. The molecule has 1 aliphatic rings. The second-order valence-corrected chi connectivity index (χ2v) is 9.14. The lowest BCUT2D eigenvalue weighted by Gasteiger charge is -2.29. The van der Waals surface area contributed by atoms with E-state index in [2.05, 4.69) is 50.9 Å². The third-order valence-electron chi connectivity index (χ3n) is 5.15. The molecule has 1 unspecified atom stereocenters. The summed E-state index contributed by atoms with van der Waals surface area (Å²) in [6.45, 7) is 6.59.